The number of benzene rings is 1. The number of hydrogen-bond donors (Lipinski definition) is 2. The SMILES string of the molecule is CC1CCN(C(=O)CSC2NC(c3ccccc3F)NC3C2C(=O)N(C)C(=O)N3C)CC1. The van der Waals surface area contributed by atoms with Gasteiger partial charge in [-0.1, -0.05) is 25.1 Å². The maximum atomic E-state index is 14.5. The number of amides is 4. The Labute approximate surface area is 191 Å². The first kappa shape index (κ1) is 23.0. The number of fused-ring (bicyclic) bond motifs is 1. The number of imide groups is 1. The summed E-state index contributed by atoms with van der Waals surface area (Å²) in [6.07, 6.45) is 0.782. The molecule has 0 bridgehead atoms. The summed E-state index contributed by atoms with van der Waals surface area (Å²) in [5.74, 6) is -0.419. The van der Waals surface area contributed by atoms with E-state index in [0.717, 1.165) is 30.8 Å². The Kier molecular flexibility index (Phi) is 6.73. The van der Waals surface area contributed by atoms with Crippen LogP contribution in [0.2, 0.25) is 0 Å². The average Bonchev–Trinajstić information content (AvgIpc) is 2.80. The average molecular weight is 464 g/mol. The van der Waals surface area contributed by atoms with E-state index in [-0.39, 0.29) is 23.4 Å². The number of nitrogens with one attached hydrogen (secondary N) is 2. The third-order valence-corrected chi connectivity index (χ3v) is 7.90. The molecule has 0 radical (unpaired) electrons. The zero-order chi connectivity index (χ0) is 23.0. The molecule has 4 amide bonds. The van der Waals surface area contributed by atoms with Gasteiger partial charge in [-0.05, 0) is 24.8 Å². The molecule has 3 aliphatic rings. The van der Waals surface area contributed by atoms with Crippen molar-refractivity contribution in [3.05, 3.63) is 35.6 Å². The molecule has 2 N–H and O–H groups in total. The molecule has 0 spiro atoms. The van der Waals surface area contributed by atoms with Crippen molar-refractivity contribution in [1.29, 1.82) is 0 Å². The van der Waals surface area contributed by atoms with E-state index in [1.54, 1.807) is 25.2 Å². The van der Waals surface area contributed by atoms with Crippen LogP contribution in [0.3, 0.4) is 0 Å². The first-order valence-electron chi connectivity index (χ1n) is 11.0. The van der Waals surface area contributed by atoms with Crippen LogP contribution in [-0.2, 0) is 9.59 Å². The van der Waals surface area contributed by atoms with Gasteiger partial charge in [0.25, 0.3) is 0 Å². The lowest BCUT2D eigenvalue weighted by Gasteiger charge is -2.50. The van der Waals surface area contributed by atoms with E-state index >= 15 is 0 Å². The Balaban J connectivity index is 1.54. The van der Waals surface area contributed by atoms with Crippen LogP contribution in [0.25, 0.3) is 0 Å². The second kappa shape index (κ2) is 9.36. The predicted octanol–water partition coefficient (Wildman–Crippen LogP) is 1.80. The van der Waals surface area contributed by atoms with Gasteiger partial charge in [0.1, 0.15) is 5.82 Å². The highest BCUT2D eigenvalue weighted by atomic mass is 32.2. The molecular formula is C22H30FN5O3S. The van der Waals surface area contributed by atoms with Gasteiger partial charge in [-0.15, -0.1) is 11.8 Å². The number of piperidine rings is 1. The van der Waals surface area contributed by atoms with Crippen molar-refractivity contribution < 1.29 is 18.8 Å². The Hall–Kier alpha value is -2.17. The minimum absolute atomic E-state index is 0.0438. The summed E-state index contributed by atoms with van der Waals surface area (Å²) in [5, 5.41) is 6.08. The van der Waals surface area contributed by atoms with E-state index in [1.807, 2.05) is 4.90 Å². The molecular weight excluding hydrogens is 433 g/mol. The zero-order valence-electron chi connectivity index (χ0n) is 18.6. The minimum Gasteiger partial charge on any atom is -0.342 e. The number of hydrogen-bond acceptors (Lipinski definition) is 6. The van der Waals surface area contributed by atoms with Crippen LogP contribution in [0.1, 0.15) is 31.5 Å². The number of nitrogens with zero attached hydrogens (tertiary/aromatic N) is 3. The quantitative estimate of drug-likeness (QED) is 0.709. The van der Waals surface area contributed by atoms with Crippen molar-refractivity contribution >= 4 is 29.6 Å². The number of thioether (sulfide) groups is 1. The lowest BCUT2D eigenvalue weighted by atomic mass is 9.96. The maximum absolute atomic E-state index is 14.5. The van der Waals surface area contributed by atoms with Gasteiger partial charge in [-0.25, -0.2) is 9.18 Å². The molecule has 3 heterocycles. The molecule has 3 saturated heterocycles. The molecule has 0 saturated carbocycles. The third kappa shape index (κ3) is 4.35. The summed E-state index contributed by atoms with van der Waals surface area (Å²) in [7, 11) is 3.09. The first-order valence-corrected chi connectivity index (χ1v) is 12.0. The number of rotatable bonds is 4. The van der Waals surface area contributed by atoms with Crippen LogP contribution in [0.5, 0.6) is 0 Å². The normalized spacial score (nSPS) is 29.3. The van der Waals surface area contributed by atoms with Crippen molar-refractivity contribution in [1.82, 2.24) is 25.3 Å². The van der Waals surface area contributed by atoms with Crippen molar-refractivity contribution in [2.24, 2.45) is 11.8 Å². The first-order chi connectivity index (χ1) is 15.3. The summed E-state index contributed by atoms with van der Waals surface area (Å²) in [6.45, 7) is 3.70. The van der Waals surface area contributed by atoms with Gasteiger partial charge in [0, 0.05) is 32.7 Å². The van der Waals surface area contributed by atoms with Gasteiger partial charge in [-0.3, -0.25) is 25.1 Å². The molecule has 10 heteroatoms. The Morgan fingerprint density at radius 2 is 1.84 bits per heavy atom. The van der Waals surface area contributed by atoms with E-state index in [2.05, 4.69) is 17.6 Å². The molecule has 1 aromatic carbocycles. The molecule has 0 aromatic heterocycles. The lowest BCUT2D eigenvalue weighted by molar-refractivity contribution is -0.140. The number of likely N-dealkylation sites (tertiary alicyclic amines) is 1. The second-order valence-electron chi connectivity index (χ2n) is 8.84. The third-order valence-electron chi connectivity index (χ3n) is 6.70. The predicted molar refractivity (Wildman–Crippen MR) is 120 cm³/mol. The van der Waals surface area contributed by atoms with Crippen LogP contribution < -0.4 is 10.6 Å². The molecule has 3 aliphatic heterocycles. The largest absolute Gasteiger partial charge is 0.342 e. The molecule has 1 aromatic rings. The van der Waals surface area contributed by atoms with Crippen LogP contribution in [0.4, 0.5) is 9.18 Å². The van der Waals surface area contributed by atoms with Crippen molar-refractivity contribution in [3.8, 4) is 0 Å². The van der Waals surface area contributed by atoms with Gasteiger partial charge in [0.05, 0.1) is 29.4 Å². The number of carbonyl (C=O) groups is 3. The smallest absolute Gasteiger partial charge is 0.327 e. The van der Waals surface area contributed by atoms with Gasteiger partial charge >= 0.3 is 6.03 Å². The van der Waals surface area contributed by atoms with Crippen molar-refractivity contribution in [2.45, 2.75) is 37.5 Å². The van der Waals surface area contributed by atoms with Crippen molar-refractivity contribution in [3.63, 3.8) is 0 Å². The van der Waals surface area contributed by atoms with Gasteiger partial charge < -0.3 is 9.80 Å². The number of carbonyl (C=O) groups excluding carboxylic acids is 3. The molecule has 8 nitrogen and oxygen atoms in total. The fourth-order valence-electron chi connectivity index (χ4n) is 4.60. The number of urea groups is 1. The summed E-state index contributed by atoms with van der Waals surface area (Å²) in [4.78, 5) is 42.8. The monoisotopic (exact) mass is 463 g/mol. The Morgan fingerprint density at radius 3 is 2.53 bits per heavy atom. The van der Waals surface area contributed by atoms with Crippen LogP contribution in [-0.4, -0.2) is 77.0 Å². The van der Waals surface area contributed by atoms with E-state index in [0.29, 0.717) is 11.5 Å². The molecule has 3 fully saturated rings. The minimum atomic E-state index is -0.611. The van der Waals surface area contributed by atoms with Crippen LogP contribution in [0.15, 0.2) is 24.3 Å². The highest BCUT2D eigenvalue weighted by Gasteiger charge is 2.51. The summed E-state index contributed by atoms with van der Waals surface area (Å²) >= 11 is 1.35. The molecule has 32 heavy (non-hydrogen) atoms. The summed E-state index contributed by atoms with van der Waals surface area (Å²) < 4.78 is 14.5. The molecule has 174 valence electrons. The van der Waals surface area contributed by atoms with Crippen molar-refractivity contribution in [2.75, 3.05) is 32.9 Å². The van der Waals surface area contributed by atoms with Gasteiger partial charge in [0.15, 0.2) is 0 Å². The second-order valence-corrected chi connectivity index (χ2v) is 9.97. The number of halogens is 1. The highest BCUT2D eigenvalue weighted by Crippen LogP contribution is 2.35. The standard InChI is InChI=1S/C22H30FN5O3S/c1-13-8-10-28(11-9-13)16(29)12-32-20-17-19(26(2)22(31)27(3)21(17)30)24-18(25-20)14-6-4-5-7-15(14)23/h4-7,13,17-20,24-25H,8-12H2,1-3H3. The highest BCUT2D eigenvalue weighted by molar-refractivity contribution is 8.00. The fraction of sp³-hybridized carbons (Fsp3) is 0.591. The summed E-state index contributed by atoms with van der Waals surface area (Å²) in [6, 6.07) is 5.98. The van der Waals surface area contributed by atoms with E-state index in [1.165, 1.54) is 29.8 Å². The molecule has 0 aliphatic carbocycles. The Morgan fingerprint density at radius 1 is 1.16 bits per heavy atom. The molecule has 4 unspecified atom stereocenters. The maximum Gasteiger partial charge on any atom is 0.327 e. The lowest BCUT2D eigenvalue weighted by Crippen LogP contribution is -2.72. The van der Waals surface area contributed by atoms with E-state index < -0.39 is 29.7 Å². The fourth-order valence-corrected chi connectivity index (χ4v) is 5.81. The van der Waals surface area contributed by atoms with E-state index in [9.17, 15) is 18.8 Å². The molecule has 4 rings (SSSR count). The van der Waals surface area contributed by atoms with E-state index in [4.69, 9.17) is 0 Å². The summed E-state index contributed by atoms with van der Waals surface area (Å²) in [5.41, 5.74) is 0.403. The van der Waals surface area contributed by atoms with Gasteiger partial charge in [-0.2, -0.15) is 0 Å². The molecule has 4 atom stereocenters. The topological polar surface area (TPSA) is 85.0 Å². The Bertz CT molecular complexity index is 894. The van der Waals surface area contributed by atoms with Crippen LogP contribution in [0, 0.1) is 17.7 Å². The zero-order valence-corrected chi connectivity index (χ0v) is 19.4. The van der Waals surface area contributed by atoms with Gasteiger partial charge in [0.2, 0.25) is 11.8 Å². The van der Waals surface area contributed by atoms with Crippen LogP contribution >= 0.6 is 11.8 Å².